The molecule has 1 aromatic carbocycles. The van der Waals surface area contributed by atoms with Crippen molar-refractivity contribution in [2.24, 2.45) is 11.7 Å². The highest BCUT2D eigenvalue weighted by Gasteiger charge is 2.21. The van der Waals surface area contributed by atoms with Crippen LogP contribution in [-0.4, -0.2) is 45.7 Å². The summed E-state index contributed by atoms with van der Waals surface area (Å²) < 4.78 is 38.3. The van der Waals surface area contributed by atoms with Gasteiger partial charge < -0.3 is 19.9 Å². The van der Waals surface area contributed by atoms with Gasteiger partial charge in [-0.05, 0) is 38.0 Å². The molecular formula is C24H28F2N6O3. The zero-order chi connectivity index (χ0) is 24.8. The predicted octanol–water partition coefficient (Wildman–Crippen LogP) is 3.93. The van der Waals surface area contributed by atoms with Crippen molar-refractivity contribution in [3.8, 4) is 17.1 Å². The monoisotopic (exact) mass is 486 g/mol. The summed E-state index contributed by atoms with van der Waals surface area (Å²) in [6, 6.07) is 1.96. The van der Waals surface area contributed by atoms with E-state index >= 15 is 0 Å². The number of nitrogens with zero attached hydrogens (tertiary/aromatic N) is 5. The van der Waals surface area contributed by atoms with E-state index in [2.05, 4.69) is 31.9 Å². The lowest BCUT2D eigenvalue weighted by Crippen LogP contribution is -2.34. The molecule has 1 saturated heterocycles. The molecule has 0 bridgehead atoms. The molecule has 11 heteroatoms. The lowest BCUT2D eigenvalue weighted by Gasteiger charge is -2.32. The number of benzene rings is 1. The molecule has 2 N–H and O–H groups in total. The number of aryl methyl sites for hydroxylation is 1. The molecule has 0 saturated carbocycles. The number of aromatic nitrogens is 4. The van der Waals surface area contributed by atoms with Gasteiger partial charge in [-0.1, -0.05) is 12.1 Å². The molecule has 1 aliphatic heterocycles. The fraction of sp³-hybridized carbons (Fsp3) is 0.458. The quantitative estimate of drug-likeness (QED) is 0.428. The SMILES string of the molecule is CCCc1nc(-c2cnc(N3CCC(CCCOc4cc(F)c(C(N)=O)c(F)c4)CC3)nc2)no1. The van der Waals surface area contributed by atoms with Crippen LogP contribution in [0.2, 0.25) is 0 Å². The average molecular weight is 487 g/mol. The number of ether oxygens (including phenoxy) is 1. The summed E-state index contributed by atoms with van der Waals surface area (Å²) >= 11 is 0. The Kier molecular flexibility index (Phi) is 7.84. The summed E-state index contributed by atoms with van der Waals surface area (Å²) in [5.41, 5.74) is 4.95. The number of halogens is 2. The van der Waals surface area contributed by atoms with E-state index in [1.54, 1.807) is 12.4 Å². The smallest absolute Gasteiger partial charge is 0.254 e. The lowest BCUT2D eigenvalue weighted by atomic mass is 9.92. The molecule has 1 aliphatic rings. The van der Waals surface area contributed by atoms with Crippen molar-refractivity contribution >= 4 is 11.9 Å². The second-order valence-electron chi connectivity index (χ2n) is 8.58. The number of anilines is 1. The Morgan fingerprint density at radius 3 is 2.51 bits per heavy atom. The minimum Gasteiger partial charge on any atom is -0.493 e. The van der Waals surface area contributed by atoms with Gasteiger partial charge in [-0.3, -0.25) is 4.79 Å². The number of piperidine rings is 1. The van der Waals surface area contributed by atoms with Gasteiger partial charge in [-0.25, -0.2) is 18.7 Å². The Morgan fingerprint density at radius 1 is 1.20 bits per heavy atom. The molecule has 0 atom stereocenters. The van der Waals surface area contributed by atoms with E-state index in [1.165, 1.54) is 0 Å². The molecule has 3 aromatic rings. The predicted molar refractivity (Wildman–Crippen MR) is 124 cm³/mol. The maximum absolute atomic E-state index is 13.8. The molecule has 35 heavy (non-hydrogen) atoms. The summed E-state index contributed by atoms with van der Waals surface area (Å²) in [6.45, 7) is 4.07. The molecule has 2 aromatic heterocycles. The van der Waals surface area contributed by atoms with Gasteiger partial charge in [0.05, 0.1) is 12.2 Å². The van der Waals surface area contributed by atoms with E-state index in [0.717, 1.165) is 69.3 Å². The Morgan fingerprint density at radius 2 is 1.89 bits per heavy atom. The highest BCUT2D eigenvalue weighted by molar-refractivity contribution is 5.93. The number of carbonyl (C=O) groups is 1. The first kappa shape index (κ1) is 24.5. The molecule has 4 rings (SSSR count). The minimum atomic E-state index is -1.15. The number of hydrogen-bond acceptors (Lipinski definition) is 8. The van der Waals surface area contributed by atoms with Crippen molar-refractivity contribution in [3.05, 3.63) is 47.6 Å². The van der Waals surface area contributed by atoms with Crippen LogP contribution in [0.3, 0.4) is 0 Å². The van der Waals surface area contributed by atoms with Gasteiger partial charge in [0.15, 0.2) is 0 Å². The van der Waals surface area contributed by atoms with Crippen LogP contribution in [0.4, 0.5) is 14.7 Å². The minimum absolute atomic E-state index is 0.0443. The van der Waals surface area contributed by atoms with Crippen LogP contribution in [0.5, 0.6) is 5.75 Å². The molecule has 0 aliphatic carbocycles. The van der Waals surface area contributed by atoms with Gasteiger partial charge in [0.1, 0.15) is 22.9 Å². The van der Waals surface area contributed by atoms with Crippen molar-refractivity contribution in [3.63, 3.8) is 0 Å². The third-order valence-electron chi connectivity index (χ3n) is 6.01. The van der Waals surface area contributed by atoms with E-state index in [4.69, 9.17) is 15.0 Å². The largest absolute Gasteiger partial charge is 0.493 e. The highest BCUT2D eigenvalue weighted by Crippen LogP contribution is 2.26. The molecule has 1 fully saturated rings. The van der Waals surface area contributed by atoms with Gasteiger partial charge in [0.25, 0.3) is 5.91 Å². The van der Waals surface area contributed by atoms with Gasteiger partial charge in [0.2, 0.25) is 17.7 Å². The molecule has 0 radical (unpaired) electrons. The van der Waals surface area contributed by atoms with Crippen LogP contribution >= 0.6 is 0 Å². The van der Waals surface area contributed by atoms with Crippen LogP contribution in [0.25, 0.3) is 11.4 Å². The first-order valence-corrected chi connectivity index (χ1v) is 11.8. The van der Waals surface area contributed by atoms with Crippen molar-refractivity contribution in [1.29, 1.82) is 0 Å². The zero-order valence-electron chi connectivity index (χ0n) is 19.5. The molecular weight excluding hydrogens is 458 g/mol. The summed E-state index contributed by atoms with van der Waals surface area (Å²) in [5, 5.41) is 3.99. The van der Waals surface area contributed by atoms with Crippen molar-refractivity contribution < 1.29 is 22.8 Å². The van der Waals surface area contributed by atoms with Crippen LogP contribution in [0, 0.1) is 17.6 Å². The van der Waals surface area contributed by atoms with E-state index in [0.29, 0.717) is 30.2 Å². The van der Waals surface area contributed by atoms with Crippen molar-refractivity contribution in [1.82, 2.24) is 20.1 Å². The standard InChI is InChI=1S/C24H28F2N6O3/c1-2-4-20-30-23(31-35-20)16-13-28-24(29-14-16)32-8-6-15(7-9-32)5-3-10-34-17-11-18(25)21(22(27)33)19(26)12-17/h11-15H,2-10H2,1H3,(H2,27,33). The number of hydrogen-bond donors (Lipinski definition) is 1. The van der Waals surface area contributed by atoms with Crippen molar-refractivity contribution in [2.75, 3.05) is 24.6 Å². The summed E-state index contributed by atoms with van der Waals surface area (Å²) in [4.78, 5) is 26.6. The average Bonchev–Trinajstić information content (AvgIpc) is 3.31. The van der Waals surface area contributed by atoms with Crippen LogP contribution < -0.4 is 15.4 Å². The van der Waals surface area contributed by atoms with E-state index in [9.17, 15) is 13.6 Å². The Labute approximate surface area is 201 Å². The van der Waals surface area contributed by atoms with Crippen molar-refractivity contribution in [2.45, 2.75) is 45.4 Å². The molecule has 9 nitrogen and oxygen atoms in total. The van der Waals surface area contributed by atoms with Crippen LogP contribution in [0.1, 0.15) is 55.3 Å². The highest BCUT2D eigenvalue weighted by atomic mass is 19.1. The number of primary amides is 1. The third-order valence-corrected chi connectivity index (χ3v) is 6.01. The van der Waals surface area contributed by atoms with Gasteiger partial charge in [-0.15, -0.1) is 0 Å². The molecule has 0 spiro atoms. The first-order chi connectivity index (χ1) is 16.9. The topological polar surface area (TPSA) is 120 Å². The molecule has 0 unspecified atom stereocenters. The maximum Gasteiger partial charge on any atom is 0.254 e. The Hall–Kier alpha value is -3.63. The van der Waals surface area contributed by atoms with E-state index in [-0.39, 0.29) is 5.75 Å². The fourth-order valence-electron chi connectivity index (χ4n) is 4.14. The number of rotatable bonds is 10. The molecule has 186 valence electrons. The van der Waals surface area contributed by atoms with E-state index < -0.39 is 23.1 Å². The van der Waals surface area contributed by atoms with Crippen LogP contribution in [0.15, 0.2) is 29.0 Å². The van der Waals surface area contributed by atoms with Gasteiger partial charge in [-0.2, -0.15) is 4.98 Å². The van der Waals surface area contributed by atoms with Crippen LogP contribution in [-0.2, 0) is 6.42 Å². The molecule has 1 amide bonds. The maximum atomic E-state index is 13.8. The lowest BCUT2D eigenvalue weighted by molar-refractivity contribution is 0.0992. The summed E-state index contributed by atoms with van der Waals surface area (Å²) in [7, 11) is 0. The van der Waals surface area contributed by atoms with Gasteiger partial charge >= 0.3 is 0 Å². The number of carbonyl (C=O) groups excluding carboxylic acids is 1. The third kappa shape index (κ3) is 6.09. The zero-order valence-corrected chi connectivity index (χ0v) is 19.5. The number of nitrogens with two attached hydrogens (primary N) is 1. The second-order valence-corrected chi connectivity index (χ2v) is 8.58. The van der Waals surface area contributed by atoms with Gasteiger partial charge in [0, 0.05) is 44.0 Å². The molecule has 3 heterocycles. The number of amides is 1. The second kappa shape index (κ2) is 11.2. The first-order valence-electron chi connectivity index (χ1n) is 11.8. The Bertz CT molecular complexity index is 1120. The van der Waals surface area contributed by atoms with E-state index in [1.807, 2.05) is 0 Å². The Balaban J connectivity index is 1.20. The normalized spacial score (nSPS) is 14.3. The summed E-state index contributed by atoms with van der Waals surface area (Å²) in [6.07, 6.45) is 8.79. The summed E-state index contributed by atoms with van der Waals surface area (Å²) in [5.74, 6) is -0.834. The fourth-order valence-corrected chi connectivity index (χ4v) is 4.14.